The maximum atomic E-state index is 4.93. The zero-order chi connectivity index (χ0) is 28.0. The fourth-order valence-corrected chi connectivity index (χ4v) is 5.34. The fraction of sp³-hybridized carbons (Fsp3) is 0.515. The zero-order valence-corrected chi connectivity index (χ0v) is 34.0. The molecule has 2 atom stereocenters. The van der Waals surface area contributed by atoms with Crippen LogP contribution in [-0.2, 0) is 47.1 Å². The van der Waals surface area contributed by atoms with Gasteiger partial charge in [-0.15, -0.1) is 13.3 Å². The van der Waals surface area contributed by atoms with Gasteiger partial charge in [0.05, 0.1) is 0 Å². The summed E-state index contributed by atoms with van der Waals surface area (Å²) >= 11 is -0.826. The van der Waals surface area contributed by atoms with Gasteiger partial charge in [0, 0.05) is 11.8 Å². The van der Waals surface area contributed by atoms with E-state index < -0.39 is 20.8 Å². The predicted octanol–water partition coefficient (Wildman–Crippen LogP) is 5.39. The number of hydrogen-bond acceptors (Lipinski definition) is 0. The quantitative estimate of drug-likeness (QED) is 0.315. The van der Waals surface area contributed by atoms with E-state index in [-0.39, 0.29) is 56.4 Å². The predicted molar refractivity (Wildman–Crippen MR) is 158 cm³/mol. The smallest absolute Gasteiger partial charge is 3.00 e. The molecule has 2 unspecified atom stereocenters. The van der Waals surface area contributed by atoms with Crippen molar-refractivity contribution in [3.05, 3.63) is 91.7 Å². The molecule has 0 amide bonds. The Hall–Kier alpha value is 0.846. The molecule has 0 fully saturated rings. The van der Waals surface area contributed by atoms with Crippen LogP contribution < -0.4 is 24.8 Å². The Morgan fingerprint density at radius 2 is 1.13 bits per heavy atom. The summed E-state index contributed by atoms with van der Waals surface area (Å²) < 4.78 is 0. The summed E-state index contributed by atoms with van der Waals surface area (Å²) in [4.78, 5) is 0. The summed E-state index contributed by atoms with van der Waals surface area (Å²) in [5, 5.41) is 0. The first-order valence-electron chi connectivity index (χ1n) is 12.9. The summed E-state index contributed by atoms with van der Waals surface area (Å²) in [6.07, 6.45) is 13.4. The second-order valence-electron chi connectivity index (χ2n) is 10.8. The molecule has 4 aliphatic rings. The molecular weight excluding hydrogens is 721 g/mol. The van der Waals surface area contributed by atoms with Crippen molar-refractivity contribution < 1.29 is 71.9 Å². The van der Waals surface area contributed by atoms with E-state index in [0.717, 1.165) is 6.42 Å². The minimum absolute atomic E-state index is 0. The summed E-state index contributed by atoms with van der Waals surface area (Å²) in [6.45, 7) is 29.4. The van der Waals surface area contributed by atoms with Crippen molar-refractivity contribution in [1.82, 2.24) is 0 Å². The van der Waals surface area contributed by atoms with Gasteiger partial charge in [-0.3, -0.25) is 12.2 Å². The van der Waals surface area contributed by atoms with E-state index in [1.807, 2.05) is 12.2 Å². The molecule has 0 aromatic heterocycles. The first-order chi connectivity index (χ1) is 16.6. The average molecular weight is 767 g/mol. The first kappa shape index (κ1) is 44.3. The van der Waals surface area contributed by atoms with E-state index >= 15 is 0 Å². The van der Waals surface area contributed by atoms with Gasteiger partial charge < -0.3 is 24.8 Å². The monoisotopic (exact) mass is 762 g/mol. The van der Waals surface area contributed by atoms with E-state index in [1.54, 1.807) is 22.3 Å². The van der Waals surface area contributed by atoms with Crippen LogP contribution in [0.4, 0.5) is 0 Å². The van der Waals surface area contributed by atoms with Crippen molar-refractivity contribution in [2.45, 2.75) is 96.4 Å². The molecule has 4 aliphatic carbocycles. The molecule has 0 aromatic rings. The Bertz CT molecular complexity index is 1030. The van der Waals surface area contributed by atoms with E-state index in [4.69, 9.17) is 17.0 Å². The maximum Gasteiger partial charge on any atom is 3.00 e. The first-order valence-corrected chi connectivity index (χ1v) is 19.2. The van der Waals surface area contributed by atoms with E-state index in [1.165, 1.54) is 39.0 Å². The van der Waals surface area contributed by atoms with Gasteiger partial charge in [-0.25, -0.2) is 17.7 Å². The topological polar surface area (TPSA) is 0 Å². The van der Waals surface area contributed by atoms with Crippen molar-refractivity contribution in [3.8, 4) is 0 Å². The minimum atomic E-state index is -0.826. The van der Waals surface area contributed by atoms with Gasteiger partial charge >= 0.3 is 64.1 Å². The van der Waals surface area contributed by atoms with Crippen LogP contribution in [0.25, 0.3) is 0 Å². The molecule has 0 nitrogen and oxygen atoms in total. The van der Waals surface area contributed by atoms with Crippen LogP contribution in [0.1, 0.15) is 96.4 Å². The van der Waals surface area contributed by atoms with Crippen molar-refractivity contribution >= 4 is 17.0 Å². The van der Waals surface area contributed by atoms with Crippen LogP contribution in [0.3, 0.4) is 0 Å². The van der Waals surface area contributed by atoms with E-state index in [0.29, 0.717) is 11.8 Å². The molecule has 215 valence electrons. The molecule has 39 heavy (non-hydrogen) atoms. The second-order valence-corrected chi connectivity index (χ2v) is 14.6. The third-order valence-corrected chi connectivity index (χ3v) is 8.72. The van der Waals surface area contributed by atoms with Crippen molar-refractivity contribution in [3.63, 3.8) is 0 Å². The van der Waals surface area contributed by atoms with Crippen molar-refractivity contribution in [1.29, 1.82) is 0 Å². The third-order valence-electron chi connectivity index (χ3n) is 8.72. The molecule has 0 N–H and O–H groups in total. The number of allylic oxidation sites excluding steroid dienone is 16. The zero-order valence-electron chi connectivity index (χ0n) is 26.1. The summed E-state index contributed by atoms with van der Waals surface area (Å²) in [6, 6.07) is 0. The molecule has 0 saturated heterocycles. The molecule has 1 radical (unpaired) electrons. The summed E-state index contributed by atoms with van der Waals surface area (Å²) in [5.74, 6) is 1.19. The SMILES string of the molecule is CC1=C(C)C(C)C(C2=C(C)C(C)=C(C)C2C)=C1C.CC1=[C-]C(C)(C)C(C)=C1C.[C-]1=CC=CC1.[Cl-].[Cl-].[Cl][Zr][Cl].[Zr+3]. The number of hydrogen-bond donors (Lipinski definition) is 0. The van der Waals surface area contributed by atoms with Crippen LogP contribution >= 0.6 is 17.0 Å². The number of halogens is 4. The Balaban J connectivity index is -0.000000523. The second kappa shape index (κ2) is 19.9. The van der Waals surface area contributed by atoms with E-state index in [9.17, 15) is 0 Å². The van der Waals surface area contributed by atoms with Crippen molar-refractivity contribution in [2.24, 2.45) is 17.3 Å². The fourth-order valence-electron chi connectivity index (χ4n) is 5.34. The van der Waals surface area contributed by atoms with Gasteiger partial charge in [-0.2, -0.15) is 17.2 Å². The molecule has 0 saturated carbocycles. The van der Waals surface area contributed by atoms with Crippen LogP contribution in [0, 0.1) is 29.4 Å². The molecule has 0 spiro atoms. The molecule has 0 aliphatic heterocycles. The third kappa shape index (κ3) is 11.1. The van der Waals surface area contributed by atoms with Crippen LogP contribution in [0.15, 0.2) is 79.5 Å². The van der Waals surface area contributed by atoms with Gasteiger partial charge in [0.1, 0.15) is 0 Å². The number of rotatable bonds is 1. The average Bonchev–Trinajstić information content (AvgIpc) is 3.55. The molecule has 0 aromatic carbocycles. The van der Waals surface area contributed by atoms with Gasteiger partial charge in [-0.1, -0.05) is 58.1 Å². The van der Waals surface area contributed by atoms with Crippen LogP contribution in [0.5, 0.6) is 0 Å². The normalized spacial score (nSPS) is 22.2. The Morgan fingerprint density at radius 3 is 1.26 bits per heavy atom. The van der Waals surface area contributed by atoms with Crippen LogP contribution in [-0.4, -0.2) is 0 Å². The standard InChI is InChI=1S/C18H26.C10H15.C5H5.4ClH.2Zr/c1-9-10(2)14(6)17(13(9)5)18-15(7)11(3)12(4)16(18)8;1-7-6-10(4,5)9(3)8(7)2;1-2-4-5-3-1;;;;;;/h13,15H,1-8H3;1-5H3;1-3H,4H2;4*1H;;/q;2*-1;;;;;+2;+3/p-4. The molecule has 0 bridgehead atoms. The molecular formula is C33H46Cl4Zr2-. The summed E-state index contributed by atoms with van der Waals surface area (Å²) in [5.41, 5.74) is 16.8. The van der Waals surface area contributed by atoms with Gasteiger partial charge in [-0.05, 0) is 75.0 Å². The Kier molecular flexibility index (Phi) is 22.6. The van der Waals surface area contributed by atoms with Gasteiger partial charge in [0.15, 0.2) is 0 Å². The molecule has 4 rings (SSSR count). The van der Waals surface area contributed by atoms with Gasteiger partial charge in [0.25, 0.3) is 0 Å². The minimum Gasteiger partial charge on any atom is 3.00 e. The maximum absolute atomic E-state index is 4.93. The van der Waals surface area contributed by atoms with Crippen molar-refractivity contribution in [2.75, 3.05) is 0 Å². The van der Waals surface area contributed by atoms with Gasteiger partial charge in [0.2, 0.25) is 0 Å². The molecule has 0 heterocycles. The Morgan fingerprint density at radius 1 is 0.744 bits per heavy atom. The van der Waals surface area contributed by atoms with E-state index in [2.05, 4.69) is 108 Å². The van der Waals surface area contributed by atoms with Crippen LogP contribution in [0.2, 0.25) is 0 Å². The molecule has 6 heteroatoms. The largest absolute Gasteiger partial charge is 3.00 e. The summed E-state index contributed by atoms with van der Waals surface area (Å²) in [7, 11) is 9.87. The Labute approximate surface area is 291 Å².